The van der Waals surface area contributed by atoms with Gasteiger partial charge in [0.1, 0.15) is 11.6 Å². The van der Waals surface area contributed by atoms with Crippen LogP contribution in [0.3, 0.4) is 0 Å². The number of fused-ring (bicyclic) bond motifs is 1. The van der Waals surface area contributed by atoms with Crippen molar-refractivity contribution in [1.82, 2.24) is 9.80 Å². The van der Waals surface area contributed by atoms with Crippen molar-refractivity contribution in [2.24, 2.45) is 5.92 Å². The molecule has 2 saturated heterocycles. The molecule has 2 heterocycles. The third kappa shape index (κ3) is 2.77. The van der Waals surface area contributed by atoms with E-state index in [4.69, 9.17) is 4.74 Å². The van der Waals surface area contributed by atoms with Gasteiger partial charge in [-0.15, -0.1) is 0 Å². The normalized spacial score (nSPS) is 28.2. The molecule has 132 valence electrons. The highest BCUT2D eigenvalue weighted by Crippen LogP contribution is 2.37. The van der Waals surface area contributed by atoms with E-state index in [0.717, 1.165) is 6.07 Å². The number of hydrogen-bond donors (Lipinski definition) is 0. The molecule has 0 aliphatic carbocycles. The van der Waals surface area contributed by atoms with Crippen LogP contribution >= 0.6 is 0 Å². The smallest absolute Gasteiger partial charge is 0.257 e. The van der Waals surface area contributed by atoms with Crippen LogP contribution in [0.1, 0.15) is 10.4 Å². The summed E-state index contributed by atoms with van der Waals surface area (Å²) < 4.78 is 43.2. The van der Waals surface area contributed by atoms with E-state index in [1.807, 2.05) is 19.0 Å². The average Bonchev–Trinajstić information content (AvgIpc) is 3.06. The molecule has 0 spiro atoms. The van der Waals surface area contributed by atoms with Crippen LogP contribution in [0.4, 0.5) is 4.39 Å². The summed E-state index contributed by atoms with van der Waals surface area (Å²) in [5, 5.41) is -0.528. The van der Waals surface area contributed by atoms with E-state index in [0.29, 0.717) is 6.54 Å². The van der Waals surface area contributed by atoms with Crippen LogP contribution in [0, 0.1) is 11.7 Å². The zero-order chi connectivity index (χ0) is 17.6. The highest BCUT2D eigenvalue weighted by Gasteiger charge is 2.53. The van der Waals surface area contributed by atoms with Crippen LogP contribution in [0.5, 0.6) is 5.75 Å². The summed E-state index contributed by atoms with van der Waals surface area (Å²) in [5.74, 6) is -0.618. The first-order valence-corrected chi connectivity index (χ1v) is 9.47. The number of sulfone groups is 1. The fraction of sp³-hybridized carbons (Fsp3) is 0.562. The Morgan fingerprint density at radius 1 is 1.33 bits per heavy atom. The standard InChI is InChI=1S/C16H21FN2O4S/c1-18(2)13-9-24(21,22)15-8-19(7-12(13)15)16(20)11-5-4-10(17)6-14(11)23-3/h4-6,12-13,15H,7-9H2,1-3H3/t12-,13+,15-/m0/s1. The lowest BCUT2D eigenvalue weighted by Gasteiger charge is -2.25. The molecule has 1 aromatic rings. The summed E-state index contributed by atoms with van der Waals surface area (Å²) in [6, 6.07) is 3.64. The average molecular weight is 356 g/mol. The second-order valence-electron chi connectivity index (χ2n) is 6.62. The van der Waals surface area contributed by atoms with Crippen molar-refractivity contribution in [3.8, 4) is 5.75 Å². The monoisotopic (exact) mass is 356 g/mol. The van der Waals surface area contributed by atoms with Crippen LogP contribution in [-0.2, 0) is 9.84 Å². The summed E-state index contributed by atoms with van der Waals surface area (Å²) in [7, 11) is 1.87. The molecule has 0 unspecified atom stereocenters. The largest absolute Gasteiger partial charge is 0.496 e. The summed E-state index contributed by atoms with van der Waals surface area (Å²) in [4.78, 5) is 16.2. The van der Waals surface area contributed by atoms with Crippen LogP contribution in [-0.4, -0.2) is 75.5 Å². The van der Waals surface area contributed by atoms with E-state index in [2.05, 4.69) is 0 Å². The fourth-order valence-corrected chi connectivity index (χ4v) is 6.22. The van der Waals surface area contributed by atoms with E-state index in [1.165, 1.54) is 24.1 Å². The molecule has 6 nitrogen and oxygen atoms in total. The maximum Gasteiger partial charge on any atom is 0.257 e. The van der Waals surface area contributed by atoms with Crippen molar-refractivity contribution < 1.29 is 22.3 Å². The Labute approximate surface area is 141 Å². The molecule has 0 bridgehead atoms. The zero-order valence-electron chi connectivity index (χ0n) is 13.9. The first-order chi connectivity index (χ1) is 11.2. The molecular formula is C16H21FN2O4S. The van der Waals surface area contributed by atoms with Gasteiger partial charge < -0.3 is 14.5 Å². The first kappa shape index (κ1) is 17.2. The first-order valence-electron chi connectivity index (χ1n) is 7.75. The third-order valence-electron chi connectivity index (χ3n) is 5.01. The van der Waals surface area contributed by atoms with Crippen LogP contribution in [0.15, 0.2) is 18.2 Å². The maximum absolute atomic E-state index is 13.3. The third-order valence-corrected chi connectivity index (χ3v) is 7.24. The molecule has 2 aliphatic rings. The number of halogens is 1. The second-order valence-corrected chi connectivity index (χ2v) is 8.88. The predicted octanol–water partition coefficient (Wildman–Crippen LogP) is 0.634. The summed E-state index contributed by atoms with van der Waals surface area (Å²) in [6.07, 6.45) is 0. The number of rotatable bonds is 3. The van der Waals surface area contributed by atoms with E-state index in [9.17, 15) is 17.6 Å². The number of benzene rings is 1. The lowest BCUT2D eigenvalue weighted by Crippen LogP contribution is -2.38. The van der Waals surface area contributed by atoms with Gasteiger partial charge >= 0.3 is 0 Å². The van der Waals surface area contributed by atoms with Crippen molar-refractivity contribution >= 4 is 15.7 Å². The van der Waals surface area contributed by atoms with Gasteiger partial charge in [0.05, 0.1) is 23.7 Å². The topological polar surface area (TPSA) is 66.9 Å². The molecule has 2 fully saturated rings. The number of likely N-dealkylation sites (tertiary alicyclic amines) is 1. The molecule has 8 heteroatoms. The Balaban J connectivity index is 1.87. The van der Waals surface area contributed by atoms with Gasteiger partial charge in [-0.1, -0.05) is 0 Å². The van der Waals surface area contributed by atoms with Gasteiger partial charge in [-0.05, 0) is 26.2 Å². The van der Waals surface area contributed by atoms with Gasteiger partial charge in [0, 0.05) is 31.1 Å². The summed E-state index contributed by atoms with van der Waals surface area (Å²) in [6.45, 7) is 0.558. The molecule has 0 radical (unpaired) electrons. The number of methoxy groups -OCH3 is 1. The summed E-state index contributed by atoms with van der Waals surface area (Å²) >= 11 is 0. The van der Waals surface area contributed by atoms with Crippen molar-refractivity contribution in [3.63, 3.8) is 0 Å². The van der Waals surface area contributed by atoms with Crippen LogP contribution in [0.25, 0.3) is 0 Å². The Kier molecular flexibility index (Phi) is 4.29. The molecule has 3 atom stereocenters. The molecule has 3 rings (SSSR count). The molecule has 1 amide bonds. The molecule has 0 saturated carbocycles. The number of ether oxygens (including phenoxy) is 1. The zero-order valence-corrected chi connectivity index (χ0v) is 14.7. The highest BCUT2D eigenvalue weighted by atomic mass is 32.2. The van der Waals surface area contributed by atoms with Gasteiger partial charge in [0.25, 0.3) is 5.91 Å². The Bertz CT molecular complexity index is 765. The van der Waals surface area contributed by atoms with Crippen molar-refractivity contribution in [1.29, 1.82) is 0 Å². The van der Waals surface area contributed by atoms with E-state index in [-0.39, 0.29) is 41.5 Å². The van der Waals surface area contributed by atoms with E-state index < -0.39 is 20.9 Å². The number of carbonyl (C=O) groups excluding carboxylic acids is 1. The van der Waals surface area contributed by atoms with Gasteiger partial charge in [-0.25, -0.2) is 12.8 Å². The van der Waals surface area contributed by atoms with Gasteiger partial charge in [-0.2, -0.15) is 0 Å². The Hall–Kier alpha value is -1.67. The SMILES string of the molecule is COc1cc(F)ccc1C(=O)N1C[C@H]2[C@H](N(C)C)CS(=O)(=O)[C@H]2C1. The molecule has 0 aromatic heterocycles. The van der Waals surface area contributed by atoms with Crippen LogP contribution < -0.4 is 4.74 Å². The Morgan fingerprint density at radius 3 is 2.67 bits per heavy atom. The minimum Gasteiger partial charge on any atom is -0.496 e. The highest BCUT2D eigenvalue weighted by molar-refractivity contribution is 7.92. The minimum atomic E-state index is -3.22. The fourth-order valence-electron chi connectivity index (χ4n) is 3.74. The number of carbonyl (C=O) groups is 1. The maximum atomic E-state index is 13.3. The van der Waals surface area contributed by atoms with Crippen molar-refractivity contribution in [3.05, 3.63) is 29.6 Å². The molecule has 1 aromatic carbocycles. The number of hydrogen-bond acceptors (Lipinski definition) is 5. The van der Waals surface area contributed by atoms with E-state index >= 15 is 0 Å². The summed E-state index contributed by atoms with van der Waals surface area (Å²) in [5.41, 5.74) is 0.248. The van der Waals surface area contributed by atoms with E-state index in [1.54, 1.807) is 0 Å². The molecular weight excluding hydrogens is 335 g/mol. The lowest BCUT2D eigenvalue weighted by atomic mass is 10.00. The number of nitrogens with zero attached hydrogens (tertiary/aromatic N) is 2. The predicted molar refractivity (Wildman–Crippen MR) is 87.4 cm³/mol. The van der Waals surface area contributed by atoms with Crippen molar-refractivity contribution in [2.45, 2.75) is 11.3 Å². The molecule has 0 N–H and O–H groups in total. The van der Waals surface area contributed by atoms with Gasteiger partial charge in [0.2, 0.25) is 0 Å². The quantitative estimate of drug-likeness (QED) is 0.795. The molecule has 24 heavy (non-hydrogen) atoms. The van der Waals surface area contributed by atoms with Crippen LogP contribution in [0.2, 0.25) is 0 Å². The van der Waals surface area contributed by atoms with Crippen molar-refractivity contribution in [2.75, 3.05) is 40.0 Å². The second kappa shape index (κ2) is 6.00. The van der Waals surface area contributed by atoms with Gasteiger partial charge in [0.15, 0.2) is 9.84 Å². The Morgan fingerprint density at radius 2 is 2.04 bits per heavy atom. The number of amides is 1. The lowest BCUT2D eigenvalue weighted by molar-refractivity contribution is 0.0776. The minimum absolute atomic E-state index is 0.0899. The van der Waals surface area contributed by atoms with Gasteiger partial charge in [-0.3, -0.25) is 4.79 Å². The molecule has 2 aliphatic heterocycles.